The van der Waals surface area contributed by atoms with E-state index in [2.05, 4.69) is 15.0 Å². The van der Waals surface area contributed by atoms with Gasteiger partial charge in [0.1, 0.15) is 11.5 Å². The highest BCUT2D eigenvalue weighted by atomic mass is 32.2. The number of aryl methyl sites for hydroxylation is 1. The molecule has 0 bridgehead atoms. The van der Waals surface area contributed by atoms with E-state index in [9.17, 15) is 9.00 Å². The van der Waals surface area contributed by atoms with E-state index in [1.165, 1.54) is 0 Å². The van der Waals surface area contributed by atoms with Crippen LogP contribution in [0.25, 0.3) is 21.3 Å². The minimum Gasteiger partial charge on any atom is -0.497 e. The van der Waals surface area contributed by atoms with E-state index in [4.69, 9.17) is 14.5 Å². The Labute approximate surface area is 207 Å². The molecule has 3 aromatic carbocycles. The predicted octanol–water partition coefficient (Wildman–Crippen LogP) is 4.44. The second kappa shape index (κ2) is 9.35. The molecule has 0 aliphatic heterocycles. The van der Waals surface area contributed by atoms with Crippen LogP contribution in [0.2, 0.25) is 0 Å². The SMILES string of the molecule is COc1ccc(OC)c(Nc2nc3ccccc3nc2NS(=O)c2ccc3c(c2)sc(=O)n3C)c1. The van der Waals surface area contributed by atoms with Gasteiger partial charge in [-0.2, -0.15) is 0 Å². The number of fused-ring (bicyclic) bond motifs is 2. The highest BCUT2D eigenvalue weighted by Crippen LogP contribution is 2.34. The highest BCUT2D eigenvalue weighted by molar-refractivity contribution is 7.86. The average molecular weight is 508 g/mol. The van der Waals surface area contributed by atoms with Gasteiger partial charge >= 0.3 is 4.87 Å². The van der Waals surface area contributed by atoms with Gasteiger partial charge in [0.25, 0.3) is 0 Å². The van der Waals surface area contributed by atoms with Crippen LogP contribution in [0.15, 0.2) is 70.4 Å². The van der Waals surface area contributed by atoms with Crippen molar-refractivity contribution < 1.29 is 13.7 Å². The molecule has 2 heterocycles. The fourth-order valence-electron chi connectivity index (χ4n) is 3.57. The van der Waals surface area contributed by atoms with Gasteiger partial charge in [-0.15, -0.1) is 0 Å². The Morgan fingerprint density at radius 1 is 0.943 bits per heavy atom. The van der Waals surface area contributed by atoms with Crippen molar-refractivity contribution in [1.82, 2.24) is 14.5 Å². The minimum absolute atomic E-state index is 0.0741. The van der Waals surface area contributed by atoms with Crippen molar-refractivity contribution >= 4 is 60.9 Å². The number of nitrogens with zero attached hydrogens (tertiary/aromatic N) is 3. The Bertz CT molecular complexity index is 1650. The van der Waals surface area contributed by atoms with Crippen molar-refractivity contribution in [3.8, 4) is 11.5 Å². The lowest BCUT2D eigenvalue weighted by atomic mass is 10.2. The molecule has 0 fully saturated rings. The van der Waals surface area contributed by atoms with Gasteiger partial charge in [0.15, 0.2) is 22.6 Å². The van der Waals surface area contributed by atoms with Crippen LogP contribution in [0.4, 0.5) is 17.3 Å². The third-order valence-corrected chi connectivity index (χ3v) is 7.45. The van der Waals surface area contributed by atoms with Gasteiger partial charge in [-0.25, -0.2) is 14.2 Å². The van der Waals surface area contributed by atoms with E-state index < -0.39 is 11.0 Å². The van der Waals surface area contributed by atoms with Crippen LogP contribution in [0.3, 0.4) is 0 Å². The lowest BCUT2D eigenvalue weighted by Gasteiger charge is -2.15. The summed E-state index contributed by atoms with van der Waals surface area (Å²) in [6.07, 6.45) is 0. The van der Waals surface area contributed by atoms with Gasteiger partial charge in [0, 0.05) is 13.1 Å². The first kappa shape index (κ1) is 22.8. The molecule has 9 nitrogen and oxygen atoms in total. The van der Waals surface area contributed by atoms with Crippen molar-refractivity contribution in [2.45, 2.75) is 4.90 Å². The summed E-state index contributed by atoms with van der Waals surface area (Å²) in [5.74, 6) is 1.88. The van der Waals surface area contributed by atoms with E-state index in [-0.39, 0.29) is 4.87 Å². The number of aromatic nitrogens is 3. The van der Waals surface area contributed by atoms with Crippen LogP contribution in [-0.2, 0) is 18.0 Å². The molecule has 5 aromatic rings. The molecule has 0 saturated carbocycles. The van der Waals surface area contributed by atoms with E-state index in [0.29, 0.717) is 44.8 Å². The molecule has 0 radical (unpaired) electrons. The first-order valence-electron chi connectivity index (χ1n) is 10.5. The molecule has 1 unspecified atom stereocenters. The lowest BCUT2D eigenvalue weighted by molar-refractivity contribution is 0.405. The van der Waals surface area contributed by atoms with Crippen molar-refractivity contribution in [3.05, 3.63) is 70.3 Å². The van der Waals surface area contributed by atoms with Gasteiger partial charge in [-0.3, -0.25) is 9.52 Å². The van der Waals surface area contributed by atoms with Crippen LogP contribution in [0.1, 0.15) is 0 Å². The lowest BCUT2D eigenvalue weighted by Crippen LogP contribution is -2.10. The predicted molar refractivity (Wildman–Crippen MR) is 139 cm³/mol. The summed E-state index contributed by atoms with van der Waals surface area (Å²) in [7, 11) is 3.20. The zero-order chi connectivity index (χ0) is 24.5. The maximum Gasteiger partial charge on any atom is 0.307 e. The Balaban J connectivity index is 1.55. The van der Waals surface area contributed by atoms with Crippen molar-refractivity contribution in [3.63, 3.8) is 0 Å². The number of nitrogens with one attached hydrogen (secondary N) is 2. The standard InChI is InChI=1S/C24H21N5O4S2/c1-29-19-10-9-15(13-21(19)34-24(29)30)35(31)28-23-22(25-16-6-4-5-7-17(16)26-23)27-18-12-14(32-2)8-11-20(18)33-3/h4-13H,1-3H3,(H,25,27)(H,26,28). The normalized spacial score (nSPS) is 12.0. The number of benzene rings is 3. The van der Waals surface area contributed by atoms with E-state index in [1.54, 1.807) is 62.2 Å². The number of anilines is 3. The van der Waals surface area contributed by atoms with Crippen LogP contribution < -0.4 is 24.4 Å². The number of thiazole rings is 1. The van der Waals surface area contributed by atoms with Crippen LogP contribution in [0.5, 0.6) is 11.5 Å². The summed E-state index contributed by atoms with van der Waals surface area (Å²) in [5, 5.41) is 3.24. The summed E-state index contributed by atoms with van der Waals surface area (Å²) in [6, 6.07) is 18.0. The quantitative estimate of drug-likeness (QED) is 0.335. The van der Waals surface area contributed by atoms with Gasteiger partial charge in [0.2, 0.25) is 0 Å². The van der Waals surface area contributed by atoms with Crippen molar-refractivity contribution in [2.75, 3.05) is 24.3 Å². The van der Waals surface area contributed by atoms with E-state index >= 15 is 0 Å². The van der Waals surface area contributed by atoms with E-state index in [1.807, 2.05) is 24.3 Å². The Kier molecular flexibility index (Phi) is 6.10. The molecule has 2 N–H and O–H groups in total. The fraction of sp³-hybridized carbons (Fsp3) is 0.125. The smallest absolute Gasteiger partial charge is 0.307 e. The molecule has 0 aliphatic rings. The summed E-state index contributed by atoms with van der Waals surface area (Å²) in [4.78, 5) is 21.8. The molecule has 0 spiro atoms. The summed E-state index contributed by atoms with van der Waals surface area (Å²) < 4.78 is 29.4. The first-order valence-corrected chi connectivity index (χ1v) is 12.5. The molecule has 0 amide bonds. The zero-order valence-corrected chi connectivity index (χ0v) is 20.7. The molecule has 2 aromatic heterocycles. The highest BCUT2D eigenvalue weighted by Gasteiger charge is 2.16. The third-order valence-electron chi connectivity index (χ3n) is 5.40. The maximum absolute atomic E-state index is 13.3. The Morgan fingerprint density at radius 2 is 1.69 bits per heavy atom. The zero-order valence-electron chi connectivity index (χ0n) is 19.1. The summed E-state index contributed by atoms with van der Waals surface area (Å²) in [5.41, 5.74) is 2.72. The van der Waals surface area contributed by atoms with Gasteiger partial charge < -0.3 is 19.4 Å². The maximum atomic E-state index is 13.3. The van der Waals surface area contributed by atoms with Crippen molar-refractivity contribution in [2.24, 2.45) is 7.05 Å². The fourth-order valence-corrected chi connectivity index (χ4v) is 5.42. The van der Waals surface area contributed by atoms with Crippen LogP contribution in [0, 0.1) is 0 Å². The average Bonchev–Trinajstić information content (AvgIpc) is 3.16. The molecule has 0 aliphatic carbocycles. The first-order chi connectivity index (χ1) is 17.0. The van der Waals surface area contributed by atoms with Gasteiger partial charge in [0.05, 0.1) is 46.1 Å². The third kappa shape index (κ3) is 4.43. The number of methoxy groups -OCH3 is 2. The number of ether oxygens (including phenoxy) is 2. The van der Waals surface area contributed by atoms with E-state index in [0.717, 1.165) is 21.6 Å². The molecule has 178 valence electrons. The van der Waals surface area contributed by atoms with Gasteiger partial charge in [-0.05, 0) is 42.5 Å². The molecule has 5 rings (SSSR count). The number of hydrogen-bond acceptors (Lipinski definition) is 8. The molecule has 35 heavy (non-hydrogen) atoms. The minimum atomic E-state index is -1.67. The monoisotopic (exact) mass is 507 g/mol. The largest absolute Gasteiger partial charge is 0.497 e. The van der Waals surface area contributed by atoms with Crippen LogP contribution in [-0.4, -0.2) is 33.0 Å². The Morgan fingerprint density at radius 3 is 2.40 bits per heavy atom. The second-order valence-corrected chi connectivity index (χ2v) is 9.73. The Hall–Kier alpha value is -3.96. The molecule has 0 saturated heterocycles. The number of para-hydroxylation sites is 2. The second-order valence-electron chi connectivity index (χ2n) is 7.53. The van der Waals surface area contributed by atoms with Crippen LogP contribution >= 0.6 is 11.3 Å². The molecular formula is C24H21N5O4S2. The van der Waals surface area contributed by atoms with Crippen molar-refractivity contribution in [1.29, 1.82) is 0 Å². The topological polar surface area (TPSA) is 107 Å². The van der Waals surface area contributed by atoms with Gasteiger partial charge in [-0.1, -0.05) is 23.5 Å². The summed E-state index contributed by atoms with van der Waals surface area (Å²) >= 11 is 1.11. The number of hydrogen-bond donors (Lipinski definition) is 2. The summed E-state index contributed by atoms with van der Waals surface area (Å²) in [6.45, 7) is 0. The molecule has 11 heteroatoms. The number of rotatable bonds is 7. The molecule has 1 atom stereocenters. The molecular weight excluding hydrogens is 486 g/mol.